The monoisotopic (exact) mass is 1190 g/mol. The Hall–Kier alpha value is -5.58. The third-order valence-electron chi connectivity index (χ3n) is 10.5. The lowest BCUT2D eigenvalue weighted by Gasteiger charge is -2.10. The van der Waals surface area contributed by atoms with E-state index in [0.29, 0.717) is 57.8 Å². The Kier molecular flexibility index (Phi) is 18.0. The molecule has 380 valence electrons. The molecule has 0 amide bonds. The van der Waals surface area contributed by atoms with Crippen LogP contribution in [0.4, 0.5) is 0 Å². The van der Waals surface area contributed by atoms with E-state index in [1.54, 1.807) is 72.0 Å². The molecule has 0 bridgehead atoms. The summed E-state index contributed by atoms with van der Waals surface area (Å²) in [5.41, 5.74) is 2.90. The lowest BCUT2D eigenvalue weighted by Crippen LogP contribution is -2.12. The van der Waals surface area contributed by atoms with Gasteiger partial charge in [-0.15, -0.1) is 22.7 Å². The van der Waals surface area contributed by atoms with Gasteiger partial charge in [-0.05, 0) is 108 Å². The second-order valence-corrected chi connectivity index (χ2v) is 23.4. The first-order chi connectivity index (χ1) is 35.4. The summed E-state index contributed by atoms with van der Waals surface area (Å²) < 4.78 is 68.8. The van der Waals surface area contributed by atoms with Crippen molar-refractivity contribution in [1.29, 1.82) is 0 Å². The van der Waals surface area contributed by atoms with Crippen molar-refractivity contribution >= 4 is 155 Å². The lowest BCUT2D eigenvalue weighted by molar-refractivity contribution is 0.132. The van der Waals surface area contributed by atoms with Gasteiger partial charge in [-0.1, -0.05) is 104 Å². The summed E-state index contributed by atoms with van der Waals surface area (Å²) in [6, 6.07) is 33.9. The maximum absolute atomic E-state index is 11.2. The van der Waals surface area contributed by atoms with Crippen LogP contribution in [0.15, 0.2) is 179 Å². The third-order valence-corrected chi connectivity index (χ3v) is 16.1. The summed E-state index contributed by atoms with van der Waals surface area (Å²) in [7, 11) is -8.94. The Morgan fingerprint density at radius 1 is 0.527 bits per heavy atom. The molecule has 0 atom stereocenters. The van der Waals surface area contributed by atoms with E-state index >= 15 is 0 Å². The number of aromatic nitrogens is 4. The second kappa shape index (κ2) is 24.4. The predicted molar refractivity (Wildman–Crippen MR) is 297 cm³/mol. The normalized spacial score (nSPS) is 12.1. The SMILES string of the molecule is Clc1ccc(/C(Cn2ccnc2)=N/OCc2cc3cc(Cl)ccc3s2)c(Cl)c1.Clc1ccc(C(Cn2ccnc2)=NOCc2cc3cc(Cl)ccc3s2)c(Cl)c1.O=S(=O)(O)c1cccc2c(S(=O)(=O)O)cccc12. The number of nitrogens with zero attached hydrogens (tertiary/aromatic N) is 6. The van der Waals surface area contributed by atoms with E-state index < -0.39 is 30.0 Å². The van der Waals surface area contributed by atoms with Gasteiger partial charge in [-0.3, -0.25) is 9.11 Å². The first kappa shape index (κ1) is 54.7. The van der Waals surface area contributed by atoms with Crippen LogP contribution in [0.3, 0.4) is 0 Å². The van der Waals surface area contributed by atoms with Crippen LogP contribution >= 0.6 is 92.3 Å². The van der Waals surface area contributed by atoms with Gasteiger partial charge in [0.1, 0.15) is 21.2 Å². The maximum atomic E-state index is 11.2. The number of thiophene rings is 2. The number of hydrogen-bond acceptors (Lipinski definition) is 12. The molecular weight excluding hydrogens is 1150 g/mol. The van der Waals surface area contributed by atoms with E-state index in [9.17, 15) is 16.8 Å². The van der Waals surface area contributed by atoms with Crippen molar-refractivity contribution < 1.29 is 35.6 Å². The zero-order valence-corrected chi connectivity index (χ0v) is 45.6. The van der Waals surface area contributed by atoms with E-state index in [2.05, 4.69) is 32.4 Å². The molecule has 0 fully saturated rings. The highest BCUT2D eigenvalue weighted by Gasteiger charge is 2.19. The molecule has 0 radical (unpaired) electrons. The summed E-state index contributed by atoms with van der Waals surface area (Å²) in [4.78, 5) is 20.8. The topological polar surface area (TPSA) is 188 Å². The summed E-state index contributed by atoms with van der Waals surface area (Å²) in [6.07, 6.45) is 10.6. The van der Waals surface area contributed by atoms with E-state index in [1.807, 2.05) is 70.1 Å². The fraction of sp³-hybridized carbons (Fsp3) is 0.0800. The molecular formula is C50H36Cl6N6O8S4. The fourth-order valence-electron chi connectivity index (χ4n) is 7.21. The molecule has 0 aliphatic carbocycles. The Bertz CT molecular complexity index is 3660. The van der Waals surface area contributed by atoms with Crippen molar-refractivity contribution in [1.82, 2.24) is 19.1 Å². The molecule has 0 spiro atoms. The summed E-state index contributed by atoms with van der Waals surface area (Å²) in [6.45, 7) is 1.66. The number of imidazole rings is 2. The van der Waals surface area contributed by atoms with Crippen molar-refractivity contribution in [2.75, 3.05) is 0 Å². The maximum Gasteiger partial charge on any atom is 0.295 e. The van der Waals surface area contributed by atoms with Crippen LogP contribution < -0.4 is 0 Å². The number of oxime groups is 2. The second-order valence-electron chi connectivity index (χ2n) is 15.7. The largest absolute Gasteiger partial charge is 0.390 e. The zero-order valence-electron chi connectivity index (χ0n) is 37.8. The van der Waals surface area contributed by atoms with Crippen molar-refractivity contribution in [2.24, 2.45) is 10.3 Å². The van der Waals surface area contributed by atoms with Crippen LogP contribution in [-0.2, 0) is 56.2 Å². The fourth-order valence-corrected chi connectivity index (χ4v) is 11.9. The molecule has 6 aromatic carbocycles. The Balaban J connectivity index is 0.000000152. The van der Waals surface area contributed by atoms with Crippen LogP contribution in [0.25, 0.3) is 30.9 Å². The van der Waals surface area contributed by atoms with Crippen LogP contribution in [0.1, 0.15) is 20.9 Å². The number of rotatable bonds is 14. The minimum Gasteiger partial charge on any atom is -0.390 e. The molecule has 0 aliphatic rings. The molecule has 0 aliphatic heterocycles. The minimum absolute atomic E-state index is 0.0233. The van der Waals surface area contributed by atoms with Gasteiger partial charge in [0.2, 0.25) is 0 Å². The number of hydrogen-bond donors (Lipinski definition) is 2. The first-order valence-electron chi connectivity index (χ1n) is 21.4. The standard InChI is InChI=1S/2C20H14Cl3N3OS.C10H8O6S2/c2*21-14-2-4-20-13(7-14)8-16(28-20)11-27-25-19(10-26-6-5-24-12-26)17-3-1-15(22)9-18(17)23;11-17(12,13)9-5-1-3-7-8(9)4-2-6-10(7)18(14,15)16/h2*1-9,12H,10-11H2;1-6H,(H,11,12,13)(H,14,15,16)/b25-19+;;. The highest BCUT2D eigenvalue weighted by atomic mass is 35.5. The molecule has 4 heterocycles. The minimum atomic E-state index is -4.47. The van der Waals surface area contributed by atoms with Gasteiger partial charge in [0.05, 0.1) is 35.8 Å². The molecule has 4 aromatic heterocycles. The summed E-state index contributed by atoms with van der Waals surface area (Å²) >= 11 is 40.2. The number of halogens is 6. The summed E-state index contributed by atoms with van der Waals surface area (Å²) in [5.74, 6) is 0. The quantitative estimate of drug-likeness (QED) is 0.0602. The van der Waals surface area contributed by atoms with Crippen molar-refractivity contribution in [3.63, 3.8) is 0 Å². The van der Waals surface area contributed by atoms with Gasteiger partial charge >= 0.3 is 0 Å². The molecule has 0 saturated carbocycles. The van der Waals surface area contributed by atoms with E-state index in [1.165, 1.54) is 24.3 Å². The van der Waals surface area contributed by atoms with Crippen LogP contribution in [0.5, 0.6) is 0 Å². The molecule has 14 nitrogen and oxygen atoms in total. The van der Waals surface area contributed by atoms with Gasteiger partial charge < -0.3 is 18.8 Å². The zero-order chi connectivity index (χ0) is 52.6. The third kappa shape index (κ3) is 14.4. The molecule has 0 unspecified atom stereocenters. The van der Waals surface area contributed by atoms with Gasteiger partial charge in [-0.25, -0.2) is 9.97 Å². The van der Waals surface area contributed by atoms with Gasteiger partial charge in [0.25, 0.3) is 20.2 Å². The lowest BCUT2D eigenvalue weighted by atomic mass is 10.1. The first-order valence-corrected chi connectivity index (χ1v) is 28.2. The number of fused-ring (bicyclic) bond motifs is 3. The van der Waals surface area contributed by atoms with Crippen molar-refractivity contribution in [3.05, 3.63) is 210 Å². The molecule has 10 aromatic rings. The highest BCUT2D eigenvalue weighted by Crippen LogP contribution is 2.32. The van der Waals surface area contributed by atoms with Crippen LogP contribution in [-0.4, -0.2) is 56.5 Å². The average Bonchev–Trinajstić information content (AvgIpc) is 4.19. The highest BCUT2D eigenvalue weighted by molar-refractivity contribution is 7.86. The van der Waals surface area contributed by atoms with Crippen molar-refractivity contribution in [3.8, 4) is 0 Å². The predicted octanol–water partition coefficient (Wildman–Crippen LogP) is 14.7. The van der Waals surface area contributed by atoms with E-state index in [-0.39, 0.29) is 10.8 Å². The number of benzene rings is 6. The van der Waals surface area contributed by atoms with Crippen LogP contribution in [0, 0.1) is 0 Å². The molecule has 0 saturated heterocycles. The van der Waals surface area contributed by atoms with E-state index in [0.717, 1.165) is 63.2 Å². The van der Waals surface area contributed by atoms with E-state index in [4.69, 9.17) is 88.4 Å². The molecule has 74 heavy (non-hydrogen) atoms. The van der Waals surface area contributed by atoms with Gasteiger partial charge in [-0.2, -0.15) is 16.8 Å². The Labute approximate surface area is 462 Å². The molecule has 24 heteroatoms. The van der Waals surface area contributed by atoms with Crippen LogP contribution in [0.2, 0.25) is 30.1 Å². The average molecular weight is 1190 g/mol. The smallest absolute Gasteiger partial charge is 0.295 e. The molecule has 10 rings (SSSR count). The Morgan fingerprint density at radius 2 is 0.919 bits per heavy atom. The summed E-state index contributed by atoms with van der Waals surface area (Å²) in [5, 5.41) is 14.6. The Morgan fingerprint density at radius 3 is 1.28 bits per heavy atom. The molecule has 2 N–H and O–H groups in total. The van der Waals surface area contributed by atoms with Crippen molar-refractivity contribution in [2.45, 2.75) is 36.1 Å². The van der Waals surface area contributed by atoms with Gasteiger partial charge in [0.15, 0.2) is 13.2 Å². The van der Waals surface area contributed by atoms with Gasteiger partial charge in [0, 0.05) is 85.9 Å².